The van der Waals surface area contributed by atoms with Crippen molar-refractivity contribution in [3.63, 3.8) is 0 Å². The van der Waals surface area contributed by atoms with E-state index in [0.717, 1.165) is 22.6 Å². The summed E-state index contributed by atoms with van der Waals surface area (Å²) < 4.78 is 10.9. The van der Waals surface area contributed by atoms with Gasteiger partial charge in [0, 0.05) is 12.1 Å². The second kappa shape index (κ2) is 10.3. The lowest BCUT2D eigenvalue weighted by molar-refractivity contribution is -0.116. The minimum Gasteiger partial charge on any atom is -0.493 e. The van der Waals surface area contributed by atoms with Crippen LogP contribution in [0.15, 0.2) is 66.7 Å². The first-order valence-corrected chi connectivity index (χ1v) is 10.1. The lowest BCUT2D eigenvalue weighted by Crippen LogP contribution is -2.13. The van der Waals surface area contributed by atoms with Crippen molar-refractivity contribution in [1.29, 1.82) is 0 Å². The molecule has 1 amide bonds. The van der Waals surface area contributed by atoms with Gasteiger partial charge in [0.05, 0.1) is 25.1 Å². The first-order chi connectivity index (χ1) is 14.6. The van der Waals surface area contributed by atoms with E-state index in [0.29, 0.717) is 30.9 Å². The summed E-state index contributed by atoms with van der Waals surface area (Å²) in [6.45, 7) is 4.56. The molecule has 0 unspecified atom stereocenters. The smallest absolute Gasteiger partial charge is 0.224 e. The van der Waals surface area contributed by atoms with Crippen molar-refractivity contribution in [2.75, 3.05) is 24.4 Å². The molecule has 0 radical (unpaired) electrons. The molecule has 0 aliphatic rings. The zero-order valence-corrected chi connectivity index (χ0v) is 17.7. The number of benzene rings is 3. The van der Waals surface area contributed by atoms with E-state index in [1.54, 1.807) is 7.11 Å². The molecule has 5 heteroatoms. The van der Waals surface area contributed by atoms with Gasteiger partial charge in [-0.3, -0.25) is 4.79 Å². The van der Waals surface area contributed by atoms with Gasteiger partial charge in [0.2, 0.25) is 5.91 Å². The number of carbonyl (C=O) groups is 1. The quantitative estimate of drug-likeness (QED) is 0.479. The van der Waals surface area contributed by atoms with E-state index in [-0.39, 0.29) is 5.91 Å². The summed E-state index contributed by atoms with van der Waals surface area (Å²) in [6, 6.07) is 21.6. The predicted octanol–water partition coefficient (Wildman–Crippen LogP) is 5.72. The summed E-state index contributed by atoms with van der Waals surface area (Å²) in [6.07, 6.45) is 0.984. The van der Waals surface area contributed by atoms with Gasteiger partial charge in [0.25, 0.3) is 0 Å². The Labute approximate surface area is 178 Å². The standard InChI is InChI=1S/C25H28N2O3/c1-4-30-23-15-11-19(17-24(23)29-3)12-16-25(28)27-22-8-6-5-7-21(22)26-20-13-9-18(2)10-14-20/h5-11,13-15,17,26H,4,12,16H2,1-3H3,(H,27,28). The average Bonchev–Trinajstić information content (AvgIpc) is 2.76. The third kappa shape index (κ3) is 5.77. The number of rotatable bonds is 9. The Balaban J connectivity index is 1.62. The van der Waals surface area contributed by atoms with Crippen molar-refractivity contribution in [1.82, 2.24) is 0 Å². The maximum absolute atomic E-state index is 12.6. The Morgan fingerprint density at radius 3 is 2.37 bits per heavy atom. The molecule has 3 rings (SSSR count). The van der Waals surface area contributed by atoms with Crippen LogP contribution in [0.5, 0.6) is 11.5 Å². The fraction of sp³-hybridized carbons (Fsp3) is 0.240. The first kappa shape index (κ1) is 21.2. The minimum atomic E-state index is -0.0407. The molecule has 2 N–H and O–H groups in total. The number of hydrogen-bond donors (Lipinski definition) is 2. The van der Waals surface area contributed by atoms with E-state index in [4.69, 9.17) is 9.47 Å². The number of carbonyl (C=O) groups excluding carboxylic acids is 1. The Morgan fingerprint density at radius 1 is 0.933 bits per heavy atom. The van der Waals surface area contributed by atoms with Crippen LogP contribution < -0.4 is 20.1 Å². The monoisotopic (exact) mass is 404 g/mol. The van der Waals surface area contributed by atoms with Gasteiger partial charge < -0.3 is 20.1 Å². The maximum atomic E-state index is 12.6. The number of aryl methyl sites for hydroxylation is 2. The maximum Gasteiger partial charge on any atom is 0.224 e. The van der Waals surface area contributed by atoms with Gasteiger partial charge in [0.15, 0.2) is 11.5 Å². The molecule has 0 atom stereocenters. The Kier molecular flexibility index (Phi) is 7.33. The van der Waals surface area contributed by atoms with E-state index >= 15 is 0 Å². The second-order valence-electron chi connectivity index (χ2n) is 7.00. The lowest BCUT2D eigenvalue weighted by Gasteiger charge is -2.14. The van der Waals surface area contributed by atoms with E-state index in [9.17, 15) is 4.79 Å². The van der Waals surface area contributed by atoms with Gasteiger partial charge in [-0.05, 0) is 62.2 Å². The molecular weight excluding hydrogens is 376 g/mol. The highest BCUT2D eigenvalue weighted by molar-refractivity contribution is 5.95. The molecule has 3 aromatic carbocycles. The van der Waals surface area contributed by atoms with Gasteiger partial charge in [-0.2, -0.15) is 0 Å². The molecule has 5 nitrogen and oxygen atoms in total. The van der Waals surface area contributed by atoms with Crippen LogP contribution in [0.25, 0.3) is 0 Å². The highest BCUT2D eigenvalue weighted by Crippen LogP contribution is 2.29. The molecule has 3 aromatic rings. The van der Waals surface area contributed by atoms with Gasteiger partial charge in [-0.15, -0.1) is 0 Å². The molecule has 0 saturated carbocycles. The summed E-state index contributed by atoms with van der Waals surface area (Å²) in [5.41, 5.74) is 4.82. The zero-order chi connectivity index (χ0) is 21.3. The number of hydrogen-bond acceptors (Lipinski definition) is 4. The Morgan fingerprint density at radius 2 is 1.67 bits per heavy atom. The normalized spacial score (nSPS) is 10.4. The van der Waals surface area contributed by atoms with Crippen LogP contribution in [0.3, 0.4) is 0 Å². The topological polar surface area (TPSA) is 59.6 Å². The fourth-order valence-corrected chi connectivity index (χ4v) is 3.11. The van der Waals surface area contributed by atoms with E-state index in [1.807, 2.05) is 61.5 Å². The van der Waals surface area contributed by atoms with Crippen LogP contribution in [-0.4, -0.2) is 19.6 Å². The van der Waals surface area contributed by atoms with E-state index in [2.05, 4.69) is 29.7 Å². The SMILES string of the molecule is CCOc1ccc(CCC(=O)Nc2ccccc2Nc2ccc(C)cc2)cc1OC. The van der Waals surface area contributed by atoms with Crippen LogP contribution in [0.1, 0.15) is 24.5 Å². The van der Waals surface area contributed by atoms with Gasteiger partial charge in [0.1, 0.15) is 0 Å². The van der Waals surface area contributed by atoms with Crippen molar-refractivity contribution in [2.24, 2.45) is 0 Å². The highest BCUT2D eigenvalue weighted by atomic mass is 16.5. The molecule has 0 saturated heterocycles. The van der Waals surface area contributed by atoms with Gasteiger partial charge in [-0.1, -0.05) is 35.9 Å². The van der Waals surface area contributed by atoms with Crippen molar-refractivity contribution in [3.8, 4) is 11.5 Å². The molecule has 0 aliphatic heterocycles. The van der Waals surface area contributed by atoms with Gasteiger partial charge >= 0.3 is 0 Å². The molecule has 0 aliphatic carbocycles. The number of amides is 1. The first-order valence-electron chi connectivity index (χ1n) is 10.1. The summed E-state index contributed by atoms with van der Waals surface area (Å²) in [5, 5.41) is 6.38. The summed E-state index contributed by atoms with van der Waals surface area (Å²) in [5.74, 6) is 1.35. The molecule has 0 aromatic heterocycles. The number of ether oxygens (including phenoxy) is 2. The van der Waals surface area contributed by atoms with Crippen LogP contribution in [0.4, 0.5) is 17.1 Å². The molecule has 156 valence electrons. The lowest BCUT2D eigenvalue weighted by atomic mass is 10.1. The van der Waals surface area contributed by atoms with Crippen LogP contribution >= 0.6 is 0 Å². The number of anilines is 3. The molecule has 30 heavy (non-hydrogen) atoms. The van der Waals surface area contributed by atoms with Crippen molar-refractivity contribution >= 4 is 23.0 Å². The average molecular weight is 405 g/mol. The van der Waals surface area contributed by atoms with Crippen molar-refractivity contribution in [3.05, 3.63) is 77.9 Å². The number of nitrogens with one attached hydrogen (secondary N) is 2. The largest absolute Gasteiger partial charge is 0.493 e. The Bertz CT molecular complexity index is 984. The molecule has 0 bridgehead atoms. The third-order valence-electron chi connectivity index (χ3n) is 4.70. The predicted molar refractivity (Wildman–Crippen MR) is 122 cm³/mol. The second-order valence-corrected chi connectivity index (χ2v) is 7.00. The van der Waals surface area contributed by atoms with E-state index < -0.39 is 0 Å². The Hall–Kier alpha value is -3.47. The van der Waals surface area contributed by atoms with Crippen LogP contribution in [0, 0.1) is 6.92 Å². The number of methoxy groups -OCH3 is 1. The molecular formula is C25H28N2O3. The number of para-hydroxylation sites is 2. The summed E-state index contributed by atoms with van der Waals surface area (Å²) >= 11 is 0. The van der Waals surface area contributed by atoms with Crippen LogP contribution in [0.2, 0.25) is 0 Å². The van der Waals surface area contributed by atoms with Crippen LogP contribution in [-0.2, 0) is 11.2 Å². The van der Waals surface area contributed by atoms with Crippen molar-refractivity contribution in [2.45, 2.75) is 26.7 Å². The molecule has 0 spiro atoms. The van der Waals surface area contributed by atoms with E-state index in [1.165, 1.54) is 5.56 Å². The highest BCUT2D eigenvalue weighted by Gasteiger charge is 2.10. The van der Waals surface area contributed by atoms with Crippen molar-refractivity contribution < 1.29 is 14.3 Å². The molecule has 0 heterocycles. The summed E-state index contributed by atoms with van der Waals surface area (Å²) in [7, 11) is 1.62. The van der Waals surface area contributed by atoms with Gasteiger partial charge in [-0.25, -0.2) is 0 Å². The minimum absolute atomic E-state index is 0.0407. The zero-order valence-electron chi connectivity index (χ0n) is 17.7. The third-order valence-corrected chi connectivity index (χ3v) is 4.70. The molecule has 0 fully saturated rings. The fourth-order valence-electron chi connectivity index (χ4n) is 3.11. The summed E-state index contributed by atoms with van der Waals surface area (Å²) in [4.78, 5) is 12.6.